The van der Waals surface area contributed by atoms with Gasteiger partial charge in [-0.25, -0.2) is 9.78 Å². The van der Waals surface area contributed by atoms with Crippen LogP contribution in [-0.2, 0) is 16.0 Å². The maximum absolute atomic E-state index is 12.1. The number of ether oxygens (including phenoxy) is 1. The lowest BCUT2D eigenvalue weighted by Gasteiger charge is -2.16. The Morgan fingerprint density at radius 1 is 1.23 bits per heavy atom. The number of carbonyl (C=O) groups is 2. The third-order valence-electron chi connectivity index (χ3n) is 4.22. The Bertz CT molecular complexity index is 873. The van der Waals surface area contributed by atoms with Gasteiger partial charge >= 0.3 is 5.97 Å². The summed E-state index contributed by atoms with van der Waals surface area (Å²) in [7, 11) is 1.63. The van der Waals surface area contributed by atoms with E-state index < -0.39 is 0 Å². The van der Waals surface area contributed by atoms with Crippen LogP contribution >= 0.6 is 35.3 Å². The minimum atomic E-state index is -0.361. The van der Waals surface area contributed by atoms with Gasteiger partial charge in [0.1, 0.15) is 9.88 Å². The standard InChI is InChI=1S/C21H29N5O3S.HI/c1-5-29-20(28)18-14(2)25-19(30-18)15(3)26-21(22-4)24-13-17(27)23-12-11-16-9-7-6-8-10-16;/h6-10,15H,5,11-13H2,1-4H3,(H,23,27)(H2,22,24,26);1H. The van der Waals surface area contributed by atoms with Gasteiger partial charge in [0.25, 0.3) is 0 Å². The molecular weight excluding hydrogens is 529 g/mol. The first-order chi connectivity index (χ1) is 14.4. The number of thiazole rings is 1. The average Bonchev–Trinajstić information content (AvgIpc) is 3.14. The molecule has 2 aromatic rings. The zero-order chi connectivity index (χ0) is 21.9. The van der Waals surface area contributed by atoms with E-state index in [0.717, 1.165) is 11.4 Å². The van der Waals surface area contributed by atoms with Crippen molar-refractivity contribution >= 4 is 53.1 Å². The van der Waals surface area contributed by atoms with Gasteiger partial charge in [0.05, 0.1) is 24.9 Å². The molecule has 0 aliphatic carbocycles. The molecular formula is C21H30IN5O3S. The summed E-state index contributed by atoms with van der Waals surface area (Å²) in [5, 5.41) is 9.81. The molecule has 0 bridgehead atoms. The summed E-state index contributed by atoms with van der Waals surface area (Å²) in [6, 6.07) is 9.81. The summed E-state index contributed by atoms with van der Waals surface area (Å²) in [5.74, 6) is 0.00287. The molecule has 1 atom stereocenters. The first kappa shape index (κ1) is 26.8. The van der Waals surface area contributed by atoms with Crippen LogP contribution in [0.25, 0.3) is 0 Å². The predicted octanol–water partition coefficient (Wildman–Crippen LogP) is 2.83. The topological polar surface area (TPSA) is 105 Å². The van der Waals surface area contributed by atoms with Gasteiger partial charge in [-0.1, -0.05) is 30.3 Å². The second-order valence-electron chi connectivity index (χ2n) is 6.56. The molecule has 0 aliphatic heterocycles. The molecule has 170 valence electrons. The fourth-order valence-corrected chi connectivity index (χ4v) is 3.63. The van der Waals surface area contributed by atoms with Crippen molar-refractivity contribution in [2.75, 3.05) is 26.7 Å². The van der Waals surface area contributed by atoms with E-state index in [0.29, 0.717) is 29.7 Å². The van der Waals surface area contributed by atoms with Gasteiger partial charge in [0, 0.05) is 13.6 Å². The van der Waals surface area contributed by atoms with Gasteiger partial charge in [-0.3, -0.25) is 9.79 Å². The van der Waals surface area contributed by atoms with Gasteiger partial charge in [0.15, 0.2) is 5.96 Å². The van der Waals surface area contributed by atoms with Crippen molar-refractivity contribution in [3.05, 3.63) is 51.5 Å². The molecule has 0 saturated carbocycles. The van der Waals surface area contributed by atoms with E-state index in [1.807, 2.05) is 37.3 Å². The fraction of sp³-hybridized carbons (Fsp3) is 0.429. The van der Waals surface area contributed by atoms with Crippen LogP contribution in [0.3, 0.4) is 0 Å². The molecule has 0 saturated heterocycles. The number of amides is 1. The van der Waals surface area contributed by atoms with E-state index in [9.17, 15) is 9.59 Å². The minimum absolute atomic E-state index is 0. The number of nitrogens with one attached hydrogen (secondary N) is 3. The SMILES string of the molecule is CCOC(=O)c1sc(C(C)NC(=NC)NCC(=O)NCCc2ccccc2)nc1C.I. The quantitative estimate of drug-likeness (QED) is 0.189. The number of hydrogen-bond donors (Lipinski definition) is 3. The highest BCUT2D eigenvalue weighted by molar-refractivity contribution is 14.0. The number of aryl methyl sites for hydroxylation is 1. The molecule has 31 heavy (non-hydrogen) atoms. The summed E-state index contributed by atoms with van der Waals surface area (Å²) in [6.07, 6.45) is 0.781. The molecule has 1 amide bonds. The van der Waals surface area contributed by atoms with Gasteiger partial charge in [-0.05, 0) is 32.8 Å². The predicted molar refractivity (Wildman–Crippen MR) is 134 cm³/mol. The second kappa shape index (κ2) is 14.0. The number of nitrogens with zero attached hydrogens (tertiary/aromatic N) is 2. The van der Waals surface area contributed by atoms with Crippen LogP contribution in [0, 0.1) is 6.92 Å². The van der Waals surface area contributed by atoms with E-state index in [1.54, 1.807) is 20.9 Å². The number of aromatic nitrogens is 1. The second-order valence-corrected chi connectivity index (χ2v) is 7.60. The number of hydrogen-bond acceptors (Lipinski definition) is 6. The zero-order valence-corrected chi connectivity index (χ0v) is 21.4. The lowest BCUT2D eigenvalue weighted by molar-refractivity contribution is -0.119. The summed E-state index contributed by atoms with van der Waals surface area (Å²) in [4.78, 5) is 33.2. The average molecular weight is 559 g/mol. The lowest BCUT2D eigenvalue weighted by atomic mass is 10.1. The third-order valence-corrected chi connectivity index (χ3v) is 5.54. The van der Waals surface area contributed by atoms with E-state index in [-0.39, 0.29) is 48.4 Å². The molecule has 3 N–H and O–H groups in total. The van der Waals surface area contributed by atoms with Crippen LogP contribution in [0.1, 0.15) is 45.8 Å². The number of aliphatic imine (C=N–C) groups is 1. The van der Waals surface area contributed by atoms with Crippen molar-refractivity contribution in [3.63, 3.8) is 0 Å². The Balaban J connectivity index is 0.00000480. The molecule has 0 fully saturated rings. The highest BCUT2D eigenvalue weighted by Gasteiger charge is 2.20. The number of halogens is 1. The number of guanidine groups is 1. The Morgan fingerprint density at radius 2 is 1.94 bits per heavy atom. The molecule has 0 radical (unpaired) electrons. The van der Waals surface area contributed by atoms with Crippen LogP contribution in [0.4, 0.5) is 0 Å². The normalized spacial score (nSPS) is 11.8. The zero-order valence-electron chi connectivity index (χ0n) is 18.2. The Morgan fingerprint density at radius 3 is 2.58 bits per heavy atom. The highest BCUT2D eigenvalue weighted by atomic mass is 127. The monoisotopic (exact) mass is 559 g/mol. The maximum Gasteiger partial charge on any atom is 0.350 e. The van der Waals surface area contributed by atoms with E-state index in [1.165, 1.54) is 16.9 Å². The first-order valence-corrected chi connectivity index (χ1v) is 10.7. The molecule has 10 heteroatoms. The van der Waals surface area contributed by atoms with Crippen LogP contribution in [0.2, 0.25) is 0 Å². The van der Waals surface area contributed by atoms with Crippen molar-refractivity contribution in [1.29, 1.82) is 0 Å². The molecule has 0 spiro atoms. The van der Waals surface area contributed by atoms with Crippen molar-refractivity contribution in [2.45, 2.75) is 33.2 Å². The van der Waals surface area contributed by atoms with E-state index in [4.69, 9.17) is 4.74 Å². The fourth-order valence-electron chi connectivity index (χ4n) is 2.67. The largest absolute Gasteiger partial charge is 0.462 e. The molecule has 0 aliphatic rings. The Hall–Kier alpha value is -2.21. The van der Waals surface area contributed by atoms with Crippen molar-refractivity contribution in [1.82, 2.24) is 20.9 Å². The summed E-state index contributed by atoms with van der Waals surface area (Å²) < 4.78 is 5.06. The first-order valence-electron chi connectivity index (χ1n) is 9.86. The van der Waals surface area contributed by atoms with Gasteiger partial charge < -0.3 is 20.7 Å². The third kappa shape index (κ3) is 8.82. The number of carbonyl (C=O) groups excluding carboxylic acids is 2. The number of rotatable bonds is 9. The van der Waals surface area contributed by atoms with Crippen molar-refractivity contribution in [3.8, 4) is 0 Å². The Labute approximate surface area is 204 Å². The molecule has 1 unspecified atom stereocenters. The molecule has 2 rings (SSSR count). The summed E-state index contributed by atoms with van der Waals surface area (Å²) >= 11 is 1.29. The van der Waals surface area contributed by atoms with Crippen LogP contribution < -0.4 is 16.0 Å². The summed E-state index contributed by atoms with van der Waals surface area (Å²) in [6.45, 7) is 6.47. The highest BCUT2D eigenvalue weighted by Crippen LogP contribution is 2.24. The molecule has 1 heterocycles. The van der Waals surface area contributed by atoms with Crippen LogP contribution in [0.15, 0.2) is 35.3 Å². The van der Waals surface area contributed by atoms with Gasteiger partial charge in [-0.15, -0.1) is 35.3 Å². The van der Waals surface area contributed by atoms with E-state index in [2.05, 4.69) is 25.9 Å². The Kier molecular flexibility index (Phi) is 12.1. The van der Waals surface area contributed by atoms with Crippen molar-refractivity contribution < 1.29 is 14.3 Å². The lowest BCUT2D eigenvalue weighted by Crippen LogP contribution is -2.44. The van der Waals surface area contributed by atoms with Gasteiger partial charge in [0.2, 0.25) is 5.91 Å². The summed E-state index contributed by atoms with van der Waals surface area (Å²) in [5.41, 5.74) is 1.82. The van der Waals surface area contributed by atoms with Crippen molar-refractivity contribution in [2.24, 2.45) is 4.99 Å². The van der Waals surface area contributed by atoms with Crippen LogP contribution in [-0.4, -0.2) is 49.6 Å². The molecule has 1 aromatic carbocycles. The smallest absolute Gasteiger partial charge is 0.350 e. The number of esters is 1. The molecule has 1 aromatic heterocycles. The number of benzene rings is 1. The van der Waals surface area contributed by atoms with E-state index >= 15 is 0 Å². The van der Waals surface area contributed by atoms with Gasteiger partial charge in [-0.2, -0.15) is 0 Å². The maximum atomic E-state index is 12.1. The van der Waals surface area contributed by atoms with Crippen LogP contribution in [0.5, 0.6) is 0 Å². The minimum Gasteiger partial charge on any atom is -0.462 e. The molecule has 8 nitrogen and oxygen atoms in total.